The molecule has 0 radical (unpaired) electrons. The van der Waals surface area contributed by atoms with Gasteiger partial charge in [0.25, 0.3) is 5.91 Å². The number of amides is 1. The van der Waals surface area contributed by atoms with E-state index in [2.05, 4.69) is 59.1 Å². The zero-order valence-corrected chi connectivity index (χ0v) is 17.0. The molecule has 0 aliphatic carbocycles. The van der Waals surface area contributed by atoms with E-state index in [9.17, 15) is 4.79 Å². The molecule has 0 saturated heterocycles. The van der Waals surface area contributed by atoms with Gasteiger partial charge >= 0.3 is 0 Å². The molecule has 0 fully saturated rings. The Labute approximate surface area is 175 Å². The van der Waals surface area contributed by atoms with Crippen molar-refractivity contribution in [3.8, 4) is 0 Å². The summed E-state index contributed by atoms with van der Waals surface area (Å²) >= 11 is 0. The van der Waals surface area contributed by atoms with Crippen molar-refractivity contribution in [1.82, 2.24) is 14.1 Å². The first kappa shape index (κ1) is 19.9. The van der Waals surface area contributed by atoms with Crippen LogP contribution in [0, 0.1) is 0 Å². The summed E-state index contributed by atoms with van der Waals surface area (Å²) in [6.07, 6.45) is 6.23. The van der Waals surface area contributed by atoms with Gasteiger partial charge < -0.3 is 19.6 Å². The summed E-state index contributed by atoms with van der Waals surface area (Å²) < 4.78 is 10.4. The molecule has 0 saturated carbocycles. The number of imidazole rings is 1. The molecule has 6 nitrogen and oxygen atoms in total. The smallest absolute Gasteiger partial charge is 0.268 e. The third kappa shape index (κ3) is 4.44. The molecular formula is C24H26N4O2. The summed E-state index contributed by atoms with van der Waals surface area (Å²) in [7, 11) is 0. The summed E-state index contributed by atoms with van der Waals surface area (Å²) in [4.78, 5) is 15.7. The number of carbonyl (C=O) groups excluding carboxylic acids is 1. The van der Waals surface area contributed by atoms with Crippen molar-refractivity contribution >= 4 is 16.8 Å². The van der Waals surface area contributed by atoms with E-state index in [1.165, 1.54) is 10.9 Å². The number of primary amides is 1. The van der Waals surface area contributed by atoms with Crippen molar-refractivity contribution in [3.05, 3.63) is 90.6 Å². The Balaban J connectivity index is 1.52. The molecule has 0 spiro atoms. The highest BCUT2D eigenvalue weighted by Gasteiger charge is 2.21. The Morgan fingerprint density at radius 2 is 1.87 bits per heavy atom. The average Bonchev–Trinajstić information content (AvgIpc) is 3.41. The maximum Gasteiger partial charge on any atom is 0.268 e. The molecule has 2 aromatic heterocycles. The molecule has 154 valence electrons. The number of rotatable bonds is 9. The minimum atomic E-state index is -0.526. The van der Waals surface area contributed by atoms with Gasteiger partial charge in [-0.1, -0.05) is 48.5 Å². The summed E-state index contributed by atoms with van der Waals surface area (Å²) in [5.41, 5.74) is 8.00. The van der Waals surface area contributed by atoms with Gasteiger partial charge in [-0.2, -0.15) is 0 Å². The number of nitrogens with two attached hydrogens (primary N) is 1. The zero-order valence-electron chi connectivity index (χ0n) is 17.0. The quantitative estimate of drug-likeness (QED) is 0.456. The van der Waals surface area contributed by atoms with Gasteiger partial charge in [-0.15, -0.1) is 0 Å². The number of ether oxygens (including phenoxy) is 1. The third-order valence-corrected chi connectivity index (χ3v) is 5.48. The van der Waals surface area contributed by atoms with Crippen LogP contribution in [-0.4, -0.2) is 26.1 Å². The second kappa shape index (κ2) is 8.97. The standard InChI is InChI=1S/C24H26N4O2/c1-18(30-16-19-7-3-2-4-8-19)22(28-15-21(24(25)29)26-17-28)12-14-27-13-11-20-9-5-6-10-23(20)27/h2-11,13,15,17-18,22H,12,14,16H2,1H3,(H2,25,29). The average molecular weight is 402 g/mol. The van der Waals surface area contributed by atoms with Gasteiger partial charge in [0.1, 0.15) is 5.69 Å². The predicted octanol–water partition coefficient (Wildman–Crippen LogP) is 4.17. The molecule has 1 amide bonds. The molecule has 0 bridgehead atoms. The number of carbonyl (C=O) groups is 1. The number of benzene rings is 2. The van der Waals surface area contributed by atoms with Gasteiger partial charge in [-0.25, -0.2) is 4.98 Å². The van der Waals surface area contributed by atoms with E-state index >= 15 is 0 Å². The van der Waals surface area contributed by atoms with Gasteiger partial charge in [0.05, 0.1) is 25.1 Å². The molecule has 30 heavy (non-hydrogen) atoms. The fraction of sp³-hybridized carbons (Fsp3) is 0.250. The normalized spacial score (nSPS) is 13.4. The fourth-order valence-corrected chi connectivity index (χ4v) is 3.79. The van der Waals surface area contributed by atoms with E-state index in [-0.39, 0.29) is 17.8 Å². The second-order valence-corrected chi connectivity index (χ2v) is 7.50. The summed E-state index contributed by atoms with van der Waals surface area (Å²) in [6, 6.07) is 20.6. The second-order valence-electron chi connectivity index (χ2n) is 7.50. The van der Waals surface area contributed by atoms with Gasteiger partial charge in [0, 0.05) is 24.5 Å². The van der Waals surface area contributed by atoms with E-state index in [1.807, 2.05) is 28.8 Å². The SMILES string of the molecule is CC(OCc1ccccc1)C(CCn1ccc2ccccc21)n1cnc(C(N)=O)c1. The Hall–Kier alpha value is -3.38. The largest absolute Gasteiger partial charge is 0.372 e. The van der Waals surface area contributed by atoms with E-state index in [0.717, 1.165) is 18.5 Å². The molecule has 2 aromatic carbocycles. The Morgan fingerprint density at radius 1 is 1.10 bits per heavy atom. The number of hydrogen-bond acceptors (Lipinski definition) is 3. The van der Waals surface area contributed by atoms with Crippen LogP contribution in [0.1, 0.15) is 35.4 Å². The Bertz CT molecular complexity index is 1120. The van der Waals surface area contributed by atoms with Crippen molar-refractivity contribution < 1.29 is 9.53 Å². The molecule has 2 atom stereocenters. The molecule has 2 N–H and O–H groups in total. The molecule has 4 aromatic rings. The lowest BCUT2D eigenvalue weighted by molar-refractivity contribution is 0.0137. The van der Waals surface area contributed by atoms with Crippen LogP contribution in [0.5, 0.6) is 0 Å². The van der Waals surface area contributed by atoms with Crippen molar-refractivity contribution in [3.63, 3.8) is 0 Å². The van der Waals surface area contributed by atoms with Crippen LogP contribution in [0.3, 0.4) is 0 Å². The Kier molecular flexibility index (Phi) is 5.95. The summed E-state index contributed by atoms with van der Waals surface area (Å²) in [5, 5.41) is 1.22. The minimum Gasteiger partial charge on any atom is -0.372 e. The highest BCUT2D eigenvalue weighted by molar-refractivity contribution is 5.90. The first-order valence-electron chi connectivity index (χ1n) is 10.1. The van der Waals surface area contributed by atoms with Crippen LogP contribution in [0.4, 0.5) is 0 Å². The van der Waals surface area contributed by atoms with E-state index in [4.69, 9.17) is 10.5 Å². The van der Waals surface area contributed by atoms with E-state index < -0.39 is 5.91 Å². The van der Waals surface area contributed by atoms with Gasteiger partial charge in [-0.05, 0) is 36.4 Å². The summed E-state index contributed by atoms with van der Waals surface area (Å²) in [6.45, 7) is 3.41. The van der Waals surface area contributed by atoms with Crippen LogP contribution < -0.4 is 5.73 Å². The number of fused-ring (bicyclic) bond motifs is 1. The maximum atomic E-state index is 11.5. The topological polar surface area (TPSA) is 75.1 Å². The minimum absolute atomic E-state index is 0.00970. The fourth-order valence-electron chi connectivity index (χ4n) is 3.79. The maximum absolute atomic E-state index is 11.5. The van der Waals surface area contributed by atoms with Gasteiger partial charge in [-0.3, -0.25) is 4.79 Å². The van der Waals surface area contributed by atoms with Crippen LogP contribution in [0.25, 0.3) is 10.9 Å². The number of nitrogens with zero attached hydrogens (tertiary/aromatic N) is 3. The molecule has 0 aliphatic heterocycles. The van der Waals surface area contributed by atoms with Crippen molar-refractivity contribution in [2.45, 2.75) is 38.6 Å². The predicted molar refractivity (Wildman–Crippen MR) is 117 cm³/mol. The van der Waals surface area contributed by atoms with Crippen LogP contribution in [-0.2, 0) is 17.9 Å². The molecule has 6 heteroatoms. The molecule has 0 aliphatic rings. The lowest BCUT2D eigenvalue weighted by Crippen LogP contribution is -2.25. The van der Waals surface area contributed by atoms with Crippen LogP contribution >= 0.6 is 0 Å². The monoisotopic (exact) mass is 402 g/mol. The van der Waals surface area contributed by atoms with Crippen LogP contribution in [0.2, 0.25) is 0 Å². The van der Waals surface area contributed by atoms with E-state index in [0.29, 0.717) is 6.61 Å². The highest BCUT2D eigenvalue weighted by Crippen LogP contribution is 2.24. The number of aryl methyl sites for hydroxylation is 1. The Morgan fingerprint density at radius 3 is 2.63 bits per heavy atom. The van der Waals surface area contributed by atoms with Crippen molar-refractivity contribution in [2.24, 2.45) is 5.73 Å². The molecule has 4 rings (SSSR count). The van der Waals surface area contributed by atoms with Gasteiger partial charge in [0.2, 0.25) is 0 Å². The molecular weight excluding hydrogens is 376 g/mol. The van der Waals surface area contributed by atoms with Crippen LogP contribution in [0.15, 0.2) is 79.4 Å². The summed E-state index contributed by atoms with van der Waals surface area (Å²) in [5.74, 6) is -0.526. The third-order valence-electron chi connectivity index (χ3n) is 5.48. The number of aromatic nitrogens is 3. The van der Waals surface area contributed by atoms with Crippen molar-refractivity contribution in [2.75, 3.05) is 0 Å². The first-order chi connectivity index (χ1) is 14.6. The first-order valence-corrected chi connectivity index (χ1v) is 10.1. The molecule has 2 heterocycles. The van der Waals surface area contributed by atoms with E-state index in [1.54, 1.807) is 12.5 Å². The number of para-hydroxylation sites is 1. The zero-order chi connectivity index (χ0) is 20.9. The van der Waals surface area contributed by atoms with Crippen molar-refractivity contribution in [1.29, 1.82) is 0 Å². The lowest BCUT2D eigenvalue weighted by atomic mass is 10.1. The highest BCUT2D eigenvalue weighted by atomic mass is 16.5. The van der Waals surface area contributed by atoms with Gasteiger partial charge in [0.15, 0.2) is 0 Å². The number of hydrogen-bond donors (Lipinski definition) is 1. The molecule has 2 unspecified atom stereocenters. The lowest BCUT2D eigenvalue weighted by Gasteiger charge is -2.26.